The van der Waals surface area contributed by atoms with Gasteiger partial charge in [0.1, 0.15) is 5.82 Å². The van der Waals surface area contributed by atoms with E-state index in [1.54, 1.807) is 6.20 Å². The monoisotopic (exact) mass is 202 g/mol. The molecule has 0 saturated carbocycles. The lowest BCUT2D eigenvalue weighted by atomic mass is 10.3. The molecule has 0 saturated heterocycles. The summed E-state index contributed by atoms with van der Waals surface area (Å²) in [5.74, 6) is 0.946. The van der Waals surface area contributed by atoms with Crippen LogP contribution in [-0.2, 0) is 13.1 Å². The number of aryl methyl sites for hydroxylation is 1. The van der Waals surface area contributed by atoms with Crippen LogP contribution in [0.15, 0.2) is 30.7 Å². The SMILES string of the molecule is Cc1ccc(CNCc2ncc[nH]2)nc1. The minimum absolute atomic E-state index is 0.739. The van der Waals surface area contributed by atoms with Gasteiger partial charge in [-0.3, -0.25) is 4.98 Å². The topological polar surface area (TPSA) is 53.6 Å². The second kappa shape index (κ2) is 4.70. The van der Waals surface area contributed by atoms with Gasteiger partial charge < -0.3 is 10.3 Å². The molecular formula is C11H14N4. The standard InChI is InChI=1S/C11H14N4/c1-9-2-3-10(15-6-9)7-12-8-11-13-4-5-14-11/h2-6,12H,7-8H2,1H3,(H,13,14). The summed E-state index contributed by atoms with van der Waals surface area (Å²) < 4.78 is 0. The molecule has 0 bridgehead atoms. The van der Waals surface area contributed by atoms with E-state index >= 15 is 0 Å². The van der Waals surface area contributed by atoms with Crippen molar-refractivity contribution >= 4 is 0 Å². The van der Waals surface area contributed by atoms with Crippen LogP contribution in [0.2, 0.25) is 0 Å². The number of nitrogens with one attached hydrogen (secondary N) is 2. The third kappa shape index (κ3) is 2.89. The van der Waals surface area contributed by atoms with Crippen molar-refractivity contribution in [2.45, 2.75) is 20.0 Å². The van der Waals surface area contributed by atoms with Gasteiger partial charge in [0.15, 0.2) is 0 Å². The van der Waals surface area contributed by atoms with E-state index in [-0.39, 0.29) is 0 Å². The van der Waals surface area contributed by atoms with Crippen LogP contribution in [0.5, 0.6) is 0 Å². The predicted molar refractivity (Wildman–Crippen MR) is 58.1 cm³/mol. The van der Waals surface area contributed by atoms with Crippen LogP contribution in [0.3, 0.4) is 0 Å². The summed E-state index contributed by atoms with van der Waals surface area (Å²) in [4.78, 5) is 11.5. The number of pyridine rings is 1. The molecule has 0 spiro atoms. The summed E-state index contributed by atoms with van der Waals surface area (Å²) in [7, 11) is 0. The highest BCUT2D eigenvalue weighted by Gasteiger charge is 1.95. The Hall–Kier alpha value is -1.68. The molecule has 0 unspecified atom stereocenters. The summed E-state index contributed by atoms with van der Waals surface area (Å²) in [6.45, 7) is 3.54. The van der Waals surface area contributed by atoms with Crippen LogP contribution in [0.1, 0.15) is 17.1 Å². The Morgan fingerprint density at radius 2 is 2.20 bits per heavy atom. The number of aromatic nitrogens is 3. The third-order valence-electron chi connectivity index (χ3n) is 2.13. The van der Waals surface area contributed by atoms with Crippen LogP contribution >= 0.6 is 0 Å². The van der Waals surface area contributed by atoms with Crippen molar-refractivity contribution in [3.63, 3.8) is 0 Å². The zero-order valence-corrected chi connectivity index (χ0v) is 8.70. The molecule has 15 heavy (non-hydrogen) atoms. The molecule has 0 aliphatic heterocycles. The Bertz CT molecular complexity index is 391. The Morgan fingerprint density at radius 3 is 2.87 bits per heavy atom. The fraction of sp³-hybridized carbons (Fsp3) is 0.273. The number of hydrogen-bond acceptors (Lipinski definition) is 3. The molecular weight excluding hydrogens is 188 g/mol. The van der Waals surface area contributed by atoms with Crippen LogP contribution in [0.4, 0.5) is 0 Å². The van der Waals surface area contributed by atoms with Crippen LogP contribution in [-0.4, -0.2) is 15.0 Å². The van der Waals surface area contributed by atoms with E-state index in [1.807, 2.05) is 25.4 Å². The highest BCUT2D eigenvalue weighted by molar-refractivity contribution is 5.11. The van der Waals surface area contributed by atoms with Gasteiger partial charge in [-0.1, -0.05) is 6.07 Å². The average Bonchev–Trinajstić information content (AvgIpc) is 2.74. The highest BCUT2D eigenvalue weighted by Crippen LogP contribution is 1.98. The molecule has 4 heteroatoms. The van der Waals surface area contributed by atoms with E-state index in [4.69, 9.17) is 0 Å². The van der Waals surface area contributed by atoms with Gasteiger partial charge in [-0.2, -0.15) is 0 Å². The molecule has 0 aromatic carbocycles. The van der Waals surface area contributed by atoms with Gasteiger partial charge >= 0.3 is 0 Å². The van der Waals surface area contributed by atoms with Crippen molar-refractivity contribution < 1.29 is 0 Å². The number of imidazole rings is 1. The smallest absolute Gasteiger partial charge is 0.120 e. The van der Waals surface area contributed by atoms with E-state index in [0.29, 0.717) is 0 Å². The van der Waals surface area contributed by atoms with E-state index in [1.165, 1.54) is 5.56 Å². The second-order valence-corrected chi connectivity index (χ2v) is 3.47. The zero-order valence-electron chi connectivity index (χ0n) is 8.70. The van der Waals surface area contributed by atoms with E-state index < -0.39 is 0 Å². The minimum Gasteiger partial charge on any atom is -0.348 e. The molecule has 2 N–H and O–H groups in total. The van der Waals surface area contributed by atoms with Crippen molar-refractivity contribution in [3.8, 4) is 0 Å². The Kier molecular flexibility index (Phi) is 3.09. The molecule has 2 aromatic heterocycles. The predicted octanol–water partition coefficient (Wildman–Crippen LogP) is 1.40. The van der Waals surface area contributed by atoms with Crippen LogP contribution < -0.4 is 5.32 Å². The third-order valence-corrected chi connectivity index (χ3v) is 2.13. The number of H-pyrrole nitrogens is 1. The molecule has 4 nitrogen and oxygen atoms in total. The summed E-state index contributed by atoms with van der Waals surface area (Å²) in [5.41, 5.74) is 2.23. The first-order valence-corrected chi connectivity index (χ1v) is 4.95. The molecule has 0 amide bonds. The van der Waals surface area contributed by atoms with Crippen LogP contribution in [0, 0.1) is 6.92 Å². The molecule has 0 aliphatic rings. The van der Waals surface area contributed by atoms with Crippen molar-refractivity contribution in [2.24, 2.45) is 0 Å². The van der Waals surface area contributed by atoms with E-state index in [9.17, 15) is 0 Å². The lowest BCUT2D eigenvalue weighted by molar-refractivity contribution is 0.657. The first kappa shape index (κ1) is 9.86. The van der Waals surface area contributed by atoms with Gasteiger partial charge in [-0.15, -0.1) is 0 Å². The maximum Gasteiger partial charge on any atom is 0.120 e. The maximum absolute atomic E-state index is 4.30. The molecule has 0 aliphatic carbocycles. The summed E-state index contributed by atoms with van der Waals surface area (Å²) in [6.07, 6.45) is 5.45. The number of rotatable bonds is 4. The largest absolute Gasteiger partial charge is 0.348 e. The first-order valence-electron chi connectivity index (χ1n) is 4.95. The molecule has 2 rings (SSSR count). The summed E-state index contributed by atoms with van der Waals surface area (Å²) in [5, 5.41) is 3.27. The maximum atomic E-state index is 4.30. The van der Waals surface area contributed by atoms with Gasteiger partial charge in [0.2, 0.25) is 0 Å². The van der Waals surface area contributed by atoms with Gasteiger partial charge in [0, 0.05) is 25.1 Å². The van der Waals surface area contributed by atoms with E-state index in [0.717, 1.165) is 24.6 Å². The highest BCUT2D eigenvalue weighted by atomic mass is 15.0. The van der Waals surface area contributed by atoms with E-state index in [2.05, 4.69) is 26.3 Å². The quantitative estimate of drug-likeness (QED) is 0.788. The van der Waals surface area contributed by atoms with Crippen LogP contribution in [0.25, 0.3) is 0 Å². The Morgan fingerprint density at radius 1 is 1.27 bits per heavy atom. The van der Waals surface area contributed by atoms with Crippen molar-refractivity contribution in [1.29, 1.82) is 0 Å². The van der Waals surface area contributed by atoms with Gasteiger partial charge in [-0.05, 0) is 18.6 Å². The average molecular weight is 202 g/mol. The number of nitrogens with zero attached hydrogens (tertiary/aromatic N) is 2. The number of aromatic amines is 1. The van der Waals surface area contributed by atoms with Gasteiger partial charge in [0.25, 0.3) is 0 Å². The lowest BCUT2D eigenvalue weighted by Gasteiger charge is -2.02. The summed E-state index contributed by atoms with van der Waals surface area (Å²) in [6, 6.07) is 4.10. The molecule has 2 aromatic rings. The fourth-order valence-electron chi connectivity index (χ4n) is 1.31. The van der Waals surface area contributed by atoms with Crippen molar-refractivity contribution in [3.05, 3.63) is 47.8 Å². The number of hydrogen-bond donors (Lipinski definition) is 2. The zero-order chi connectivity index (χ0) is 10.5. The fourth-order valence-corrected chi connectivity index (χ4v) is 1.31. The lowest BCUT2D eigenvalue weighted by Crippen LogP contribution is -2.14. The Labute approximate surface area is 88.8 Å². The molecule has 0 fully saturated rings. The first-order chi connectivity index (χ1) is 7.34. The second-order valence-electron chi connectivity index (χ2n) is 3.47. The Balaban J connectivity index is 1.81. The van der Waals surface area contributed by atoms with Crippen molar-refractivity contribution in [1.82, 2.24) is 20.3 Å². The molecule has 2 heterocycles. The van der Waals surface area contributed by atoms with Gasteiger partial charge in [-0.25, -0.2) is 4.98 Å². The normalized spacial score (nSPS) is 10.5. The minimum atomic E-state index is 0.739. The molecule has 0 radical (unpaired) electrons. The molecule has 78 valence electrons. The molecule has 0 atom stereocenters. The van der Waals surface area contributed by atoms with Gasteiger partial charge in [0.05, 0.1) is 12.2 Å². The van der Waals surface area contributed by atoms with Crippen molar-refractivity contribution in [2.75, 3.05) is 0 Å². The summed E-state index contributed by atoms with van der Waals surface area (Å²) >= 11 is 0.